The number of nitrogens with zero attached hydrogens (tertiary/aromatic N) is 3. The minimum atomic E-state index is 0.281. The van der Waals surface area contributed by atoms with Crippen molar-refractivity contribution in [2.75, 3.05) is 11.9 Å². The van der Waals surface area contributed by atoms with E-state index in [0.29, 0.717) is 5.15 Å². The number of halogens is 2. The molecule has 0 radical (unpaired) electrons. The molecule has 5 heteroatoms. The van der Waals surface area contributed by atoms with Crippen molar-refractivity contribution >= 4 is 33.3 Å². The molecule has 1 aromatic carbocycles. The summed E-state index contributed by atoms with van der Waals surface area (Å²) in [6.07, 6.45) is 1.51. The quantitative estimate of drug-likeness (QED) is 0.748. The number of aromatic nitrogens is 2. The van der Waals surface area contributed by atoms with Gasteiger partial charge in [0.05, 0.1) is 0 Å². The Morgan fingerprint density at radius 3 is 2.70 bits per heavy atom. The van der Waals surface area contributed by atoms with E-state index in [2.05, 4.69) is 56.8 Å². The monoisotopic (exact) mass is 353 g/mol. The predicted octanol–water partition coefficient (Wildman–Crippen LogP) is 4.65. The molecule has 0 aliphatic heterocycles. The van der Waals surface area contributed by atoms with Gasteiger partial charge in [-0.2, -0.15) is 0 Å². The van der Waals surface area contributed by atoms with E-state index in [1.807, 2.05) is 19.2 Å². The van der Waals surface area contributed by atoms with Crippen LogP contribution in [0.3, 0.4) is 0 Å². The topological polar surface area (TPSA) is 29.0 Å². The minimum absolute atomic E-state index is 0.281. The average Bonchev–Trinajstić information content (AvgIpc) is 2.37. The summed E-state index contributed by atoms with van der Waals surface area (Å²) in [6, 6.07) is 8.25. The summed E-state index contributed by atoms with van der Waals surface area (Å²) in [6.45, 7) is 4.97. The molecule has 0 atom stereocenters. The molecule has 1 aromatic heterocycles. The minimum Gasteiger partial charge on any atom is -0.355 e. The van der Waals surface area contributed by atoms with Crippen LogP contribution in [0.1, 0.15) is 30.9 Å². The fourth-order valence-electron chi connectivity index (χ4n) is 2.15. The van der Waals surface area contributed by atoms with Crippen molar-refractivity contribution in [2.24, 2.45) is 0 Å². The molecule has 2 rings (SSSR count). The standard InChI is InChI=1S/C15H17BrClN3/c1-10(2)13-14(17)18-9-19-15(13)20(3)8-11-5-4-6-12(16)7-11/h4-7,9-10H,8H2,1-3H3. The Labute approximate surface area is 133 Å². The highest BCUT2D eigenvalue weighted by molar-refractivity contribution is 9.10. The molecular formula is C15H17BrClN3. The van der Waals surface area contributed by atoms with Crippen LogP contribution in [0.5, 0.6) is 0 Å². The summed E-state index contributed by atoms with van der Waals surface area (Å²) in [7, 11) is 2.02. The highest BCUT2D eigenvalue weighted by Crippen LogP contribution is 2.30. The smallest absolute Gasteiger partial charge is 0.138 e. The third-order valence-electron chi connectivity index (χ3n) is 3.06. The first-order chi connectivity index (χ1) is 9.49. The lowest BCUT2D eigenvalue weighted by Crippen LogP contribution is -2.20. The Hall–Kier alpha value is -1.13. The van der Waals surface area contributed by atoms with E-state index in [1.165, 1.54) is 11.9 Å². The lowest BCUT2D eigenvalue weighted by molar-refractivity contribution is 0.808. The second kappa shape index (κ2) is 6.55. The maximum absolute atomic E-state index is 6.21. The first-order valence-electron chi connectivity index (χ1n) is 6.45. The van der Waals surface area contributed by atoms with Gasteiger partial charge in [-0.3, -0.25) is 0 Å². The maximum atomic E-state index is 6.21. The molecular weight excluding hydrogens is 338 g/mol. The van der Waals surface area contributed by atoms with Crippen molar-refractivity contribution in [1.29, 1.82) is 0 Å². The van der Waals surface area contributed by atoms with Crippen LogP contribution >= 0.6 is 27.5 Å². The number of rotatable bonds is 4. The Bertz CT molecular complexity index is 601. The van der Waals surface area contributed by atoms with Gasteiger partial charge >= 0.3 is 0 Å². The van der Waals surface area contributed by atoms with E-state index in [1.54, 1.807) is 0 Å². The first kappa shape index (κ1) is 15.3. The Morgan fingerprint density at radius 2 is 2.05 bits per heavy atom. The van der Waals surface area contributed by atoms with E-state index in [0.717, 1.165) is 22.4 Å². The summed E-state index contributed by atoms with van der Waals surface area (Å²) in [4.78, 5) is 10.6. The molecule has 20 heavy (non-hydrogen) atoms. The third-order valence-corrected chi connectivity index (χ3v) is 3.86. The molecule has 0 aliphatic rings. The van der Waals surface area contributed by atoms with Crippen molar-refractivity contribution in [3.05, 3.63) is 51.3 Å². The van der Waals surface area contributed by atoms with E-state index in [-0.39, 0.29) is 5.92 Å². The van der Waals surface area contributed by atoms with Crippen LogP contribution in [0.25, 0.3) is 0 Å². The summed E-state index contributed by atoms with van der Waals surface area (Å²) in [5, 5.41) is 0.533. The average molecular weight is 355 g/mol. The van der Waals surface area contributed by atoms with Crippen LogP contribution in [0, 0.1) is 0 Å². The molecule has 2 aromatic rings. The molecule has 0 spiro atoms. The Morgan fingerprint density at radius 1 is 1.30 bits per heavy atom. The highest BCUT2D eigenvalue weighted by Gasteiger charge is 2.16. The zero-order chi connectivity index (χ0) is 14.7. The van der Waals surface area contributed by atoms with Crippen molar-refractivity contribution in [3.8, 4) is 0 Å². The van der Waals surface area contributed by atoms with Crippen molar-refractivity contribution < 1.29 is 0 Å². The predicted molar refractivity (Wildman–Crippen MR) is 87.4 cm³/mol. The fraction of sp³-hybridized carbons (Fsp3) is 0.333. The molecule has 0 saturated carbocycles. The molecule has 1 heterocycles. The zero-order valence-corrected chi connectivity index (χ0v) is 14.1. The van der Waals surface area contributed by atoms with E-state index < -0.39 is 0 Å². The molecule has 106 valence electrons. The number of anilines is 1. The molecule has 3 nitrogen and oxygen atoms in total. The lowest BCUT2D eigenvalue weighted by Gasteiger charge is -2.23. The number of hydrogen-bond acceptors (Lipinski definition) is 3. The summed E-state index contributed by atoms with van der Waals surface area (Å²) < 4.78 is 1.08. The number of hydrogen-bond donors (Lipinski definition) is 0. The van der Waals surface area contributed by atoms with E-state index in [9.17, 15) is 0 Å². The van der Waals surface area contributed by atoms with Crippen LogP contribution in [-0.2, 0) is 6.54 Å². The highest BCUT2D eigenvalue weighted by atomic mass is 79.9. The summed E-state index contributed by atoms with van der Waals surface area (Å²) in [5.41, 5.74) is 2.21. The maximum Gasteiger partial charge on any atom is 0.138 e. The third kappa shape index (κ3) is 3.49. The van der Waals surface area contributed by atoms with Gasteiger partial charge in [-0.15, -0.1) is 0 Å². The fourth-order valence-corrected chi connectivity index (χ4v) is 2.94. The van der Waals surface area contributed by atoms with Gasteiger partial charge in [-0.05, 0) is 23.6 Å². The van der Waals surface area contributed by atoms with Crippen LogP contribution in [0.4, 0.5) is 5.82 Å². The normalized spacial score (nSPS) is 10.9. The Balaban J connectivity index is 2.30. The van der Waals surface area contributed by atoms with Crippen LogP contribution in [0.15, 0.2) is 35.1 Å². The van der Waals surface area contributed by atoms with E-state index in [4.69, 9.17) is 11.6 Å². The van der Waals surface area contributed by atoms with Crippen LogP contribution < -0.4 is 4.90 Å². The zero-order valence-electron chi connectivity index (χ0n) is 11.8. The lowest BCUT2D eigenvalue weighted by atomic mass is 10.1. The SMILES string of the molecule is CC(C)c1c(Cl)ncnc1N(C)Cc1cccc(Br)c1. The largest absolute Gasteiger partial charge is 0.355 e. The van der Waals surface area contributed by atoms with Gasteiger partial charge in [0, 0.05) is 23.6 Å². The molecule has 0 saturated heterocycles. The van der Waals surface area contributed by atoms with Crippen molar-refractivity contribution in [2.45, 2.75) is 26.3 Å². The van der Waals surface area contributed by atoms with Gasteiger partial charge in [-0.25, -0.2) is 9.97 Å². The van der Waals surface area contributed by atoms with Gasteiger partial charge < -0.3 is 4.90 Å². The van der Waals surface area contributed by atoms with E-state index >= 15 is 0 Å². The van der Waals surface area contributed by atoms with Crippen molar-refractivity contribution in [3.63, 3.8) is 0 Å². The second-order valence-corrected chi connectivity index (χ2v) is 6.32. The summed E-state index contributed by atoms with van der Waals surface area (Å²) >= 11 is 9.70. The van der Waals surface area contributed by atoms with Crippen LogP contribution in [-0.4, -0.2) is 17.0 Å². The van der Waals surface area contributed by atoms with Gasteiger partial charge in [0.15, 0.2) is 0 Å². The molecule has 0 N–H and O–H groups in total. The molecule has 0 unspecified atom stereocenters. The molecule has 0 fully saturated rings. The molecule has 0 amide bonds. The van der Waals surface area contributed by atoms with Gasteiger partial charge in [-0.1, -0.05) is 53.5 Å². The number of benzene rings is 1. The van der Waals surface area contributed by atoms with Gasteiger partial charge in [0.25, 0.3) is 0 Å². The van der Waals surface area contributed by atoms with Gasteiger partial charge in [0.2, 0.25) is 0 Å². The molecule has 0 aliphatic carbocycles. The molecule has 0 bridgehead atoms. The Kier molecular flexibility index (Phi) is 5.00. The summed E-state index contributed by atoms with van der Waals surface area (Å²) in [5.74, 6) is 1.17. The van der Waals surface area contributed by atoms with Crippen molar-refractivity contribution in [1.82, 2.24) is 9.97 Å². The van der Waals surface area contributed by atoms with Gasteiger partial charge in [0.1, 0.15) is 17.3 Å². The first-order valence-corrected chi connectivity index (χ1v) is 7.62. The van der Waals surface area contributed by atoms with Crippen LogP contribution in [0.2, 0.25) is 5.15 Å². The second-order valence-electron chi connectivity index (χ2n) is 5.04.